The summed E-state index contributed by atoms with van der Waals surface area (Å²) in [5, 5.41) is 0.712. The lowest BCUT2D eigenvalue weighted by Crippen LogP contribution is -2.31. The molecule has 0 N–H and O–H groups in total. The highest BCUT2D eigenvalue weighted by atomic mass is 32.2. The molecular weight excluding hydrogens is 400 g/mol. The summed E-state index contributed by atoms with van der Waals surface area (Å²) in [4.78, 5) is 22.8. The lowest BCUT2D eigenvalue weighted by atomic mass is 10.0. The number of benzene rings is 1. The van der Waals surface area contributed by atoms with Gasteiger partial charge in [0.05, 0.1) is 10.3 Å². The van der Waals surface area contributed by atoms with Gasteiger partial charge in [-0.3, -0.25) is 4.79 Å². The average molecular weight is 425 g/mol. The van der Waals surface area contributed by atoms with E-state index in [1.807, 2.05) is 14.0 Å². The van der Waals surface area contributed by atoms with Crippen molar-refractivity contribution in [2.75, 3.05) is 11.9 Å². The van der Waals surface area contributed by atoms with Gasteiger partial charge in [0.1, 0.15) is 17.9 Å². The van der Waals surface area contributed by atoms with Gasteiger partial charge in [0, 0.05) is 32.1 Å². The quantitative estimate of drug-likeness (QED) is 0.640. The van der Waals surface area contributed by atoms with Gasteiger partial charge in [-0.25, -0.2) is 22.4 Å². The Balaban J connectivity index is 1.50. The molecule has 0 saturated heterocycles. The highest BCUT2D eigenvalue weighted by molar-refractivity contribution is 7.90. The Morgan fingerprint density at radius 2 is 1.70 bits per heavy atom. The van der Waals surface area contributed by atoms with E-state index in [-0.39, 0.29) is 4.90 Å². The number of hydrogen-bond acceptors (Lipinski definition) is 6. The molecule has 0 spiro atoms. The van der Waals surface area contributed by atoms with Crippen LogP contribution in [0.4, 0.5) is 5.82 Å². The number of carbonyl (C=O) groups is 1. The summed E-state index contributed by atoms with van der Waals surface area (Å²) in [6.07, 6.45) is 6.31. The highest BCUT2D eigenvalue weighted by Crippen LogP contribution is 2.45. The van der Waals surface area contributed by atoms with Crippen LogP contribution in [-0.2, 0) is 14.8 Å². The predicted molar refractivity (Wildman–Crippen MR) is 114 cm³/mol. The molecule has 3 atom stereocenters. The van der Waals surface area contributed by atoms with Crippen molar-refractivity contribution in [3.63, 3.8) is 0 Å². The molecule has 0 aliphatic heterocycles. The maximum absolute atomic E-state index is 13.2. The molecule has 2 aliphatic rings. The van der Waals surface area contributed by atoms with Crippen LogP contribution in [0.5, 0.6) is 0 Å². The predicted octanol–water partition coefficient (Wildman–Crippen LogP) is 3.17. The summed E-state index contributed by atoms with van der Waals surface area (Å²) >= 11 is 0. The van der Waals surface area contributed by atoms with Gasteiger partial charge in [-0.2, -0.15) is 0 Å². The van der Waals surface area contributed by atoms with E-state index in [4.69, 9.17) is 0 Å². The second kappa shape index (κ2) is 6.91. The monoisotopic (exact) mass is 424 g/mol. The SMILES string of the molecule is Cc1ccc(S(=O)(=O)n2ccc3c(N(C)C4CC5CC(=O)C[C@@H]5C4)ncnc32)cc1. The van der Waals surface area contributed by atoms with Crippen molar-refractivity contribution < 1.29 is 13.2 Å². The second-order valence-corrected chi connectivity index (χ2v) is 10.4. The number of ketones is 1. The van der Waals surface area contributed by atoms with E-state index in [1.165, 1.54) is 10.3 Å². The lowest BCUT2D eigenvalue weighted by molar-refractivity contribution is -0.117. The van der Waals surface area contributed by atoms with Crippen LogP contribution in [0.25, 0.3) is 11.0 Å². The standard InChI is InChI=1S/C22H24N4O3S/c1-14-3-5-19(6-4-14)30(28,29)26-8-7-20-21(23-13-24-22(20)26)25(2)17-9-15-11-18(27)12-16(15)10-17/h3-8,13,15-17H,9-12H2,1-2H3/t15-,16?,17?/m0/s1. The Morgan fingerprint density at radius 1 is 1.03 bits per heavy atom. The van der Waals surface area contributed by atoms with E-state index in [9.17, 15) is 13.2 Å². The smallest absolute Gasteiger partial charge is 0.269 e. The molecule has 2 fully saturated rings. The summed E-state index contributed by atoms with van der Waals surface area (Å²) in [6, 6.07) is 8.87. The number of hydrogen-bond donors (Lipinski definition) is 0. The fourth-order valence-electron chi connectivity index (χ4n) is 5.05. The minimum Gasteiger partial charge on any atom is -0.356 e. The third kappa shape index (κ3) is 3.01. The number of nitrogens with zero attached hydrogens (tertiary/aromatic N) is 4. The zero-order chi connectivity index (χ0) is 21.0. The molecule has 0 amide bonds. The molecule has 2 heterocycles. The number of Topliss-reactive ketones (excluding diaryl/α,β-unsaturated/α-hetero) is 1. The fourth-order valence-corrected chi connectivity index (χ4v) is 6.35. The van der Waals surface area contributed by atoms with E-state index < -0.39 is 10.0 Å². The molecule has 2 unspecified atom stereocenters. The molecule has 0 bridgehead atoms. The number of carbonyl (C=O) groups excluding carboxylic acids is 1. The lowest BCUT2D eigenvalue weighted by Gasteiger charge is -2.26. The molecule has 5 rings (SSSR count). The van der Waals surface area contributed by atoms with E-state index in [1.54, 1.807) is 36.5 Å². The van der Waals surface area contributed by atoms with Gasteiger partial charge < -0.3 is 4.90 Å². The maximum atomic E-state index is 13.2. The van der Waals surface area contributed by atoms with E-state index >= 15 is 0 Å². The van der Waals surface area contributed by atoms with Crippen molar-refractivity contribution in [1.29, 1.82) is 0 Å². The maximum Gasteiger partial charge on any atom is 0.269 e. The van der Waals surface area contributed by atoms with Crippen LogP contribution in [-0.4, -0.2) is 41.2 Å². The molecule has 8 heteroatoms. The fraction of sp³-hybridized carbons (Fsp3) is 0.409. The molecule has 156 valence electrons. The number of fused-ring (bicyclic) bond motifs is 2. The summed E-state index contributed by atoms with van der Waals surface area (Å²) in [5.74, 6) is 2.05. The zero-order valence-electron chi connectivity index (χ0n) is 17.0. The van der Waals surface area contributed by atoms with Crippen molar-refractivity contribution in [1.82, 2.24) is 13.9 Å². The van der Waals surface area contributed by atoms with Crippen LogP contribution >= 0.6 is 0 Å². The molecular formula is C22H24N4O3S. The molecule has 3 aromatic rings. The molecule has 7 nitrogen and oxygen atoms in total. The van der Waals surface area contributed by atoms with E-state index in [0.717, 1.165) is 24.2 Å². The topological polar surface area (TPSA) is 85.2 Å². The first-order chi connectivity index (χ1) is 14.3. The van der Waals surface area contributed by atoms with E-state index in [0.29, 0.717) is 47.5 Å². The van der Waals surface area contributed by atoms with Crippen molar-refractivity contribution in [3.8, 4) is 0 Å². The first-order valence-electron chi connectivity index (χ1n) is 10.2. The van der Waals surface area contributed by atoms with Gasteiger partial charge in [0.15, 0.2) is 5.65 Å². The van der Waals surface area contributed by atoms with Crippen LogP contribution < -0.4 is 4.90 Å². The number of aryl methyl sites for hydroxylation is 1. The molecule has 0 radical (unpaired) electrons. The molecule has 30 heavy (non-hydrogen) atoms. The van der Waals surface area contributed by atoms with Crippen LogP contribution in [0.15, 0.2) is 47.8 Å². The summed E-state index contributed by atoms with van der Waals surface area (Å²) in [7, 11) is -1.75. The Labute approximate surface area is 175 Å². The first-order valence-corrected chi connectivity index (χ1v) is 11.7. The van der Waals surface area contributed by atoms with Gasteiger partial charge in [0.25, 0.3) is 10.0 Å². The third-order valence-electron chi connectivity index (χ3n) is 6.68. The normalized spacial score (nSPS) is 23.8. The molecule has 2 saturated carbocycles. The molecule has 2 aliphatic carbocycles. The highest BCUT2D eigenvalue weighted by Gasteiger charge is 2.42. The van der Waals surface area contributed by atoms with Gasteiger partial charge in [0.2, 0.25) is 0 Å². The average Bonchev–Trinajstić information content (AvgIpc) is 3.40. The van der Waals surface area contributed by atoms with Crippen molar-refractivity contribution in [2.45, 2.75) is 43.5 Å². The summed E-state index contributed by atoms with van der Waals surface area (Å²) in [5.41, 5.74) is 1.38. The van der Waals surface area contributed by atoms with Gasteiger partial charge in [-0.05, 0) is 49.8 Å². The van der Waals surface area contributed by atoms with Crippen molar-refractivity contribution in [3.05, 3.63) is 48.4 Å². The summed E-state index contributed by atoms with van der Waals surface area (Å²) < 4.78 is 27.6. The third-order valence-corrected chi connectivity index (χ3v) is 8.36. The number of anilines is 1. The van der Waals surface area contributed by atoms with Gasteiger partial charge in [-0.15, -0.1) is 0 Å². The van der Waals surface area contributed by atoms with Crippen molar-refractivity contribution >= 4 is 32.7 Å². The Morgan fingerprint density at radius 3 is 2.37 bits per heavy atom. The largest absolute Gasteiger partial charge is 0.356 e. The van der Waals surface area contributed by atoms with Crippen LogP contribution in [0.3, 0.4) is 0 Å². The first kappa shape index (κ1) is 19.2. The Bertz CT molecular complexity index is 1220. The second-order valence-electron chi connectivity index (χ2n) is 8.57. The molecule has 1 aromatic carbocycles. The summed E-state index contributed by atoms with van der Waals surface area (Å²) in [6.45, 7) is 1.92. The minimum absolute atomic E-state index is 0.229. The van der Waals surface area contributed by atoms with Crippen LogP contribution in [0.1, 0.15) is 31.2 Å². The van der Waals surface area contributed by atoms with Crippen LogP contribution in [0.2, 0.25) is 0 Å². The molecule has 2 aromatic heterocycles. The number of rotatable bonds is 4. The number of aromatic nitrogens is 3. The minimum atomic E-state index is -3.75. The zero-order valence-corrected chi connectivity index (χ0v) is 17.8. The van der Waals surface area contributed by atoms with Crippen LogP contribution in [0, 0.1) is 18.8 Å². The van der Waals surface area contributed by atoms with E-state index in [2.05, 4.69) is 14.9 Å². The van der Waals surface area contributed by atoms with Gasteiger partial charge in [-0.1, -0.05) is 17.7 Å². The Kier molecular flexibility index (Phi) is 4.43. The van der Waals surface area contributed by atoms with Crippen molar-refractivity contribution in [2.24, 2.45) is 11.8 Å². The van der Waals surface area contributed by atoms with Gasteiger partial charge >= 0.3 is 0 Å². The Hall–Kier alpha value is -2.74.